The molecule has 0 aromatic carbocycles. The van der Waals surface area contributed by atoms with Gasteiger partial charge in [-0.25, -0.2) is 4.99 Å². The molecule has 18 heavy (non-hydrogen) atoms. The lowest BCUT2D eigenvalue weighted by molar-refractivity contribution is 0.343. The molecular weight excluding hydrogens is 222 g/mol. The number of aliphatic imine (C=N–C) groups is 1. The highest BCUT2D eigenvalue weighted by atomic mass is 16.5. The second kappa shape index (κ2) is 29.8. The van der Waals surface area contributed by atoms with Gasteiger partial charge in [-0.3, -0.25) is 0 Å². The van der Waals surface area contributed by atoms with Gasteiger partial charge in [0.2, 0.25) is 0 Å². The van der Waals surface area contributed by atoms with Gasteiger partial charge in [-0.05, 0) is 27.2 Å². The molecule has 0 fully saturated rings. The van der Waals surface area contributed by atoms with E-state index < -0.39 is 0 Å². The van der Waals surface area contributed by atoms with E-state index in [9.17, 15) is 0 Å². The smallest absolute Gasteiger partial charge is 0.174 e. The Labute approximate surface area is 117 Å². The predicted octanol–water partition coefficient (Wildman–Crippen LogP) is 6.22. The Hall–Kier alpha value is -0.790. The fraction of sp³-hybridized carbons (Fsp3) is 0.812. The lowest BCUT2D eigenvalue weighted by atomic mass is 10.1. The summed E-state index contributed by atoms with van der Waals surface area (Å²) >= 11 is 0. The van der Waals surface area contributed by atoms with Crippen LogP contribution in [0.15, 0.2) is 16.3 Å². The quantitative estimate of drug-likeness (QED) is 0.424. The first kappa shape index (κ1) is 25.9. The van der Waals surface area contributed by atoms with Crippen LogP contribution in [-0.2, 0) is 4.74 Å². The van der Waals surface area contributed by atoms with Gasteiger partial charge in [0.25, 0.3) is 0 Å². The van der Waals surface area contributed by atoms with Crippen molar-refractivity contribution in [1.82, 2.24) is 0 Å². The van der Waals surface area contributed by atoms with Crippen LogP contribution in [0.5, 0.6) is 0 Å². The number of hydrogen-bond acceptors (Lipinski definition) is 2. The molecule has 2 heteroatoms. The Morgan fingerprint density at radius 3 is 1.72 bits per heavy atom. The zero-order valence-electron chi connectivity index (χ0n) is 14.6. The van der Waals surface area contributed by atoms with Crippen LogP contribution >= 0.6 is 0 Å². The Morgan fingerprint density at radius 2 is 1.39 bits per heavy atom. The third-order valence-corrected chi connectivity index (χ3v) is 1.73. The van der Waals surface area contributed by atoms with Crippen LogP contribution < -0.4 is 0 Å². The Morgan fingerprint density at radius 1 is 0.944 bits per heavy atom. The maximum Gasteiger partial charge on any atom is 0.174 e. The second-order valence-corrected chi connectivity index (χ2v) is 2.81. The molecule has 0 atom stereocenters. The van der Waals surface area contributed by atoms with Gasteiger partial charge < -0.3 is 4.74 Å². The molecule has 112 valence electrons. The van der Waals surface area contributed by atoms with Crippen molar-refractivity contribution in [2.75, 3.05) is 6.61 Å². The van der Waals surface area contributed by atoms with Crippen molar-refractivity contribution >= 4 is 6.40 Å². The first-order chi connectivity index (χ1) is 8.72. The summed E-state index contributed by atoms with van der Waals surface area (Å²) in [5.41, 5.74) is 2.42. The third kappa shape index (κ3) is 24.4. The maximum atomic E-state index is 5.01. The fourth-order valence-electron chi connectivity index (χ4n) is 0.857. The average Bonchev–Trinajstić information content (AvgIpc) is 2.46. The van der Waals surface area contributed by atoms with Gasteiger partial charge in [-0.2, -0.15) is 0 Å². The predicted molar refractivity (Wildman–Crippen MR) is 87.4 cm³/mol. The minimum atomic E-state index is 0.684. The van der Waals surface area contributed by atoms with Crippen molar-refractivity contribution in [3.8, 4) is 0 Å². The largest absolute Gasteiger partial charge is 0.483 e. The van der Waals surface area contributed by atoms with Crippen molar-refractivity contribution in [3.63, 3.8) is 0 Å². The molecule has 0 aromatic rings. The van der Waals surface area contributed by atoms with Crippen LogP contribution in [-0.4, -0.2) is 13.0 Å². The van der Waals surface area contributed by atoms with Gasteiger partial charge >= 0.3 is 0 Å². The minimum absolute atomic E-state index is 0.684. The molecule has 0 aromatic heterocycles. The van der Waals surface area contributed by atoms with Crippen LogP contribution in [0, 0.1) is 0 Å². The summed E-state index contributed by atoms with van der Waals surface area (Å²) in [6.45, 7) is 20.9. The van der Waals surface area contributed by atoms with E-state index in [1.165, 1.54) is 18.4 Å². The third-order valence-electron chi connectivity index (χ3n) is 1.73. The van der Waals surface area contributed by atoms with Crippen molar-refractivity contribution in [1.29, 1.82) is 0 Å². The van der Waals surface area contributed by atoms with E-state index in [4.69, 9.17) is 4.74 Å². The highest BCUT2D eigenvalue weighted by Crippen LogP contribution is 2.10. The molecule has 0 saturated heterocycles. The van der Waals surface area contributed by atoms with Crippen LogP contribution in [0.2, 0.25) is 0 Å². The van der Waals surface area contributed by atoms with E-state index >= 15 is 0 Å². The van der Waals surface area contributed by atoms with Gasteiger partial charge in [-0.15, -0.1) is 0 Å². The van der Waals surface area contributed by atoms with Crippen molar-refractivity contribution < 1.29 is 4.74 Å². The first-order valence-electron chi connectivity index (χ1n) is 7.52. The second-order valence-electron chi connectivity index (χ2n) is 2.81. The molecule has 0 heterocycles. The number of allylic oxidation sites excluding steroid dienone is 2. The Balaban J connectivity index is -0.000000141. The molecule has 0 bridgehead atoms. The van der Waals surface area contributed by atoms with E-state index in [1.807, 2.05) is 55.4 Å². The molecule has 0 spiro atoms. The van der Waals surface area contributed by atoms with Gasteiger partial charge in [0.05, 0.1) is 6.61 Å². The standard InChI is InChI=1S/C10H19NO.3C2H6/c1-5-7-9(3)10(4)11-8-12-6-2;3*1-2/h8H,5-7H2,1-4H3;3*1-2H3/b10-9-,11-8?;;;. The minimum Gasteiger partial charge on any atom is -0.483 e. The van der Waals surface area contributed by atoms with Crippen molar-refractivity contribution in [2.45, 2.75) is 82.1 Å². The fourth-order valence-corrected chi connectivity index (χ4v) is 0.857. The summed E-state index contributed by atoms with van der Waals surface area (Å²) in [7, 11) is 0. The normalized spacial score (nSPS) is 9.89. The van der Waals surface area contributed by atoms with Crippen LogP contribution in [0.25, 0.3) is 0 Å². The molecule has 0 rings (SSSR count). The van der Waals surface area contributed by atoms with E-state index in [-0.39, 0.29) is 0 Å². The van der Waals surface area contributed by atoms with Crippen molar-refractivity contribution in [3.05, 3.63) is 11.3 Å². The number of ether oxygens (including phenoxy) is 1. The molecule has 0 saturated carbocycles. The highest BCUT2D eigenvalue weighted by Gasteiger charge is 1.92. The molecule has 2 nitrogen and oxygen atoms in total. The summed E-state index contributed by atoms with van der Waals surface area (Å²) < 4.78 is 5.01. The van der Waals surface area contributed by atoms with E-state index in [2.05, 4.69) is 18.8 Å². The first-order valence-corrected chi connectivity index (χ1v) is 7.52. The topological polar surface area (TPSA) is 21.6 Å². The lowest BCUT2D eigenvalue weighted by Crippen LogP contribution is -1.87. The van der Waals surface area contributed by atoms with E-state index in [1.54, 1.807) is 0 Å². The summed E-state index contributed by atoms with van der Waals surface area (Å²) in [6, 6.07) is 0. The summed E-state index contributed by atoms with van der Waals surface area (Å²) in [5.74, 6) is 0. The van der Waals surface area contributed by atoms with Crippen LogP contribution in [0.1, 0.15) is 82.1 Å². The molecular formula is C16H37NO. The highest BCUT2D eigenvalue weighted by molar-refractivity contribution is 5.48. The molecule has 0 radical (unpaired) electrons. The molecule has 0 amide bonds. The van der Waals surface area contributed by atoms with Crippen molar-refractivity contribution in [2.24, 2.45) is 4.99 Å². The van der Waals surface area contributed by atoms with Gasteiger partial charge in [0.1, 0.15) is 0 Å². The Bertz CT molecular complexity index is 172. The van der Waals surface area contributed by atoms with Gasteiger partial charge in [0.15, 0.2) is 6.40 Å². The van der Waals surface area contributed by atoms with Gasteiger partial charge in [0, 0.05) is 5.70 Å². The number of rotatable bonds is 5. The number of nitrogens with zero attached hydrogens (tertiary/aromatic N) is 1. The average molecular weight is 259 g/mol. The van der Waals surface area contributed by atoms with E-state index in [0.717, 1.165) is 12.1 Å². The van der Waals surface area contributed by atoms with Gasteiger partial charge in [-0.1, -0.05) is 60.5 Å². The monoisotopic (exact) mass is 259 g/mol. The number of hydrogen-bond donors (Lipinski definition) is 0. The molecule has 0 aliphatic rings. The lowest BCUT2D eigenvalue weighted by Gasteiger charge is -2.00. The SMILES string of the molecule is CC.CC.CC.CCC/C(C)=C(/C)N=COCC. The molecule has 0 N–H and O–H groups in total. The zero-order valence-corrected chi connectivity index (χ0v) is 14.6. The van der Waals surface area contributed by atoms with E-state index in [0.29, 0.717) is 6.61 Å². The maximum absolute atomic E-state index is 5.01. The van der Waals surface area contributed by atoms with Crippen LogP contribution in [0.3, 0.4) is 0 Å². The van der Waals surface area contributed by atoms with Crippen LogP contribution in [0.4, 0.5) is 0 Å². The molecule has 0 unspecified atom stereocenters. The summed E-state index contributed by atoms with van der Waals surface area (Å²) in [5, 5.41) is 0. The Kier molecular flexibility index (Phi) is 43.0. The molecule has 0 aliphatic heterocycles. The summed E-state index contributed by atoms with van der Waals surface area (Å²) in [4.78, 5) is 4.16. The summed E-state index contributed by atoms with van der Waals surface area (Å²) in [6.07, 6.45) is 3.82. The molecule has 0 aliphatic carbocycles. The zero-order chi connectivity index (χ0) is 15.4.